The van der Waals surface area contributed by atoms with E-state index in [-0.39, 0.29) is 21.1 Å². The molecule has 0 aromatic rings. The van der Waals surface area contributed by atoms with Gasteiger partial charge in [-0.3, -0.25) is 0 Å². The molecule has 0 aromatic heterocycles. The molecule has 0 atom stereocenters. The van der Waals surface area contributed by atoms with Crippen LogP contribution in [0.2, 0.25) is 0 Å². The zero-order chi connectivity index (χ0) is 11.3. The Bertz CT molecular complexity index is 140. The quantitative estimate of drug-likeness (QED) is 0.579. The monoisotopic (exact) mass is 292 g/mol. The molecular formula is C8H12O4Sn. The van der Waals surface area contributed by atoms with E-state index in [1.807, 2.05) is 8.18 Å². The van der Waals surface area contributed by atoms with Crippen molar-refractivity contribution in [1.82, 2.24) is 0 Å². The van der Waals surface area contributed by atoms with E-state index in [1.165, 1.54) is 0 Å². The second-order valence-electron chi connectivity index (χ2n) is 1.56. The van der Waals surface area contributed by atoms with Crippen LogP contribution < -0.4 is 10.2 Å². The van der Waals surface area contributed by atoms with Gasteiger partial charge in [-0.05, 0) is 13.8 Å². The van der Waals surface area contributed by atoms with Crippen molar-refractivity contribution in [3.63, 3.8) is 0 Å². The molecule has 0 aliphatic rings. The minimum Gasteiger partial charge on any atom is -0.550 e. The smallest absolute Gasteiger partial charge is 0.0383 e. The van der Waals surface area contributed by atoms with Crippen LogP contribution in [0.3, 0.4) is 0 Å². The molecule has 13 heavy (non-hydrogen) atoms. The Morgan fingerprint density at radius 1 is 1.08 bits per heavy atom. The molecular weight excluding hydrogens is 279 g/mol. The fraction of sp³-hybridized carbons (Fsp3) is 0.250. The second kappa shape index (κ2) is 17.3. The van der Waals surface area contributed by atoms with Gasteiger partial charge in [0.15, 0.2) is 0 Å². The molecule has 0 N–H and O–H groups in total. The Labute approximate surface area is 88.2 Å². The summed E-state index contributed by atoms with van der Waals surface area (Å²) in [6.07, 6.45) is 0. The molecule has 72 valence electrons. The van der Waals surface area contributed by atoms with Crippen LogP contribution in [-0.2, 0) is 9.59 Å². The van der Waals surface area contributed by atoms with E-state index in [4.69, 9.17) is 19.8 Å². The van der Waals surface area contributed by atoms with Gasteiger partial charge >= 0.3 is 42.5 Å². The van der Waals surface area contributed by atoms with Crippen molar-refractivity contribution in [2.75, 3.05) is 0 Å². The first-order valence-corrected chi connectivity index (χ1v) is 6.51. The molecule has 0 heterocycles. The molecule has 0 radical (unpaired) electrons. The van der Waals surface area contributed by atoms with Crippen molar-refractivity contribution in [2.24, 2.45) is 0 Å². The van der Waals surface area contributed by atoms with Crippen molar-refractivity contribution in [1.29, 1.82) is 0 Å². The first-order valence-electron chi connectivity index (χ1n) is 3.21. The third kappa shape index (κ3) is 642. The zero-order valence-corrected chi connectivity index (χ0v) is 10.6. The normalized spacial score (nSPS) is 5.69. The largest absolute Gasteiger partial charge is 0.550 e. The van der Waals surface area contributed by atoms with Crippen molar-refractivity contribution in [3.05, 3.63) is 21.3 Å². The molecule has 0 unspecified atom stereocenters. The maximum Gasteiger partial charge on any atom is 0.0383 e. The van der Waals surface area contributed by atoms with E-state index >= 15 is 0 Å². The molecule has 0 aliphatic carbocycles. The van der Waals surface area contributed by atoms with E-state index in [0.717, 1.165) is 13.8 Å². The Morgan fingerprint density at radius 3 is 1.23 bits per heavy atom. The molecule has 0 rings (SSSR count). The average Bonchev–Trinajstić information content (AvgIpc) is 1.86. The van der Waals surface area contributed by atoms with Crippen molar-refractivity contribution in [2.45, 2.75) is 13.8 Å². The number of carbonyl (C=O) groups excluding carboxylic acids is 2. The van der Waals surface area contributed by atoms with Crippen molar-refractivity contribution < 1.29 is 19.8 Å². The molecule has 0 amide bonds. The number of hydrogen-bond acceptors (Lipinski definition) is 4. The summed E-state index contributed by atoms with van der Waals surface area (Å²) in [5.41, 5.74) is 0. The molecule has 5 heteroatoms. The standard InChI is InChI=1S/2C2H4O2.2C2H3.Sn/c2*1-2(3)4;2*1-2;/h2*1H3,(H,3,4);2*1H,2H2;/q;;;;+2/p-2. The number of aliphatic carboxylic acids is 2. The number of carbonyl (C=O) groups is 2. The Balaban J connectivity index is -0.000000117. The van der Waals surface area contributed by atoms with Crippen molar-refractivity contribution >= 4 is 33.1 Å². The van der Waals surface area contributed by atoms with Crippen LogP contribution in [0.5, 0.6) is 0 Å². The molecule has 0 aromatic carbocycles. The topological polar surface area (TPSA) is 80.3 Å². The maximum atomic E-state index is 8.89. The van der Waals surface area contributed by atoms with Gasteiger partial charge in [0.05, 0.1) is 0 Å². The Morgan fingerprint density at radius 2 is 1.23 bits per heavy atom. The fourth-order valence-electron chi connectivity index (χ4n) is 0.0833. The van der Waals surface area contributed by atoms with Gasteiger partial charge in [-0.2, -0.15) is 0 Å². The molecule has 0 fully saturated rings. The summed E-state index contributed by atoms with van der Waals surface area (Å²) in [7, 11) is 0. The average molecular weight is 291 g/mol. The summed E-state index contributed by atoms with van der Waals surface area (Å²) in [5, 5.41) is 17.8. The molecule has 0 saturated carbocycles. The van der Waals surface area contributed by atoms with Crippen LogP contribution in [0, 0.1) is 0 Å². The number of carboxylic acid groups (broad SMARTS) is 2. The minimum absolute atomic E-state index is 0.254. The molecule has 0 saturated heterocycles. The van der Waals surface area contributed by atoms with Gasteiger partial charge in [0, 0.05) is 11.9 Å². The molecule has 4 nitrogen and oxygen atoms in total. The number of rotatable bonds is 2. The third-order valence-corrected chi connectivity index (χ3v) is 1.58. The van der Waals surface area contributed by atoms with Gasteiger partial charge in [-0.1, -0.05) is 0 Å². The van der Waals surface area contributed by atoms with E-state index in [9.17, 15) is 0 Å². The first kappa shape index (κ1) is 18.1. The Hall–Kier alpha value is -0.781. The van der Waals surface area contributed by atoms with Gasteiger partial charge in [-0.25, -0.2) is 0 Å². The number of hydrogen-bond donors (Lipinski definition) is 0. The van der Waals surface area contributed by atoms with E-state index in [2.05, 4.69) is 13.2 Å². The summed E-state index contributed by atoms with van der Waals surface area (Å²) in [5.74, 6) is -2.17. The van der Waals surface area contributed by atoms with Crippen LogP contribution >= 0.6 is 0 Å². The summed E-state index contributed by atoms with van der Waals surface area (Å²) in [6, 6.07) is 0. The van der Waals surface area contributed by atoms with Gasteiger partial charge in [0.2, 0.25) is 0 Å². The zero-order valence-electron chi connectivity index (χ0n) is 7.70. The molecule has 0 spiro atoms. The van der Waals surface area contributed by atoms with Crippen molar-refractivity contribution in [3.8, 4) is 0 Å². The Kier molecular flexibility index (Phi) is 24.1. The van der Waals surface area contributed by atoms with Gasteiger partial charge in [0.25, 0.3) is 0 Å². The second-order valence-corrected chi connectivity index (χ2v) is 4.84. The summed E-state index contributed by atoms with van der Waals surface area (Å²) in [6.45, 7) is 9.05. The van der Waals surface area contributed by atoms with Crippen LogP contribution in [0.1, 0.15) is 13.8 Å². The third-order valence-electron chi connectivity index (χ3n) is 0.236. The van der Waals surface area contributed by atoms with Crippen LogP contribution in [0.15, 0.2) is 21.3 Å². The summed E-state index contributed by atoms with van der Waals surface area (Å²) < 4.78 is 3.96. The van der Waals surface area contributed by atoms with Gasteiger partial charge in [0.1, 0.15) is 0 Å². The van der Waals surface area contributed by atoms with Gasteiger partial charge < -0.3 is 19.8 Å². The minimum atomic E-state index is -1.08. The van der Waals surface area contributed by atoms with Gasteiger partial charge in [-0.15, -0.1) is 0 Å². The summed E-state index contributed by atoms with van der Waals surface area (Å²) >= 11 is -0.254. The fourth-order valence-corrected chi connectivity index (χ4v) is 0.559. The van der Waals surface area contributed by atoms with E-state index < -0.39 is 11.9 Å². The molecule has 0 aliphatic heterocycles. The predicted octanol–water partition coefficient (Wildman–Crippen LogP) is -1.51. The van der Waals surface area contributed by atoms with Crippen LogP contribution in [-0.4, -0.2) is 33.1 Å². The van der Waals surface area contributed by atoms with E-state index in [1.54, 1.807) is 0 Å². The summed E-state index contributed by atoms with van der Waals surface area (Å²) in [4.78, 5) is 17.8. The molecule has 0 bridgehead atoms. The van der Waals surface area contributed by atoms with Crippen LogP contribution in [0.4, 0.5) is 0 Å². The SMILES string of the molecule is C=[CH][Sn+2][CH]=C.CC(=O)[O-].CC(=O)[O-]. The number of carboxylic acids is 2. The predicted molar refractivity (Wildman–Crippen MR) is 47.5 cm³/mol. The van der Waals surface area contributed by atoms with Crippen LogP contribution in [0.25, 0.3) is 0 Å². The first-order chi connectivity index (χ1) is 5.88. The van der Waals surface area contributed by atoms with E-state index in [0.29, 0.717) is 0 Å². The maximum absolute atomic E-state index is 8.89.